The fraction of sp³-hybridized carbons (Fsp3) is 0.632. The quantitative estimate of drug-likeness (QED) is 0.436. The third kappa shape index (κ3) is 15.9. The van der Waals surface area contributed by atoms with Crippen LogP contribution in [0.1, 0.15) is 72.8 Å². The molecule has 0 aliphatic carbocycles. The molecule has 0 heterocycles. The molecule has 0 unspecified atom stereocenters. The van der Waals surface area contributed by atoms with Crippen LogP contribution in [0.3, 0.4) is 0 Å². The number of hydrogen-bond donors (Lipinski definition) is 0. The van der Waals surface area contributed by atoms with Crippen LogP contribution in [-0.4, -0.2) is 0 Å². The molecule has 0 N–H and O–H groups in total. The molecule has 0 aliphatic rings. The van der Waals surface area contributed by atoms with Gasteiger partial charge in [0.25, 0.3) is 0 Å². The van der Waals surface area contributed by atoms with E-state index in [-0.39, 0.29) is 18.9 Å². The third-order valence-corrected chi connectivity index (χ3v) is 2.93. The van der Waals surface area contributed by atoms with Gasteiger partial charge in [0.05, 0.1) is 0 Å². The van der Waals surface area contributed by atoms with Crippen molar-refractivity contribution < 1.29 is 18.9 Å². The van der Waals surface area contributed by atoms with Gasteiger partial charge >= 0.3 is 18.9 Å². The first-order valence-corrected chi connectivity index (χ1v) is 7.68. The van der Waals surface area contributed by atoms with Crippen LogP contribution < -0.4 is 18.9 Å². The van der Waals surface area contributed by atoms with E-state index in [1.165, 1.54) is 37.2 Å². The molecule has 0 saturated carbocycles. The molecule has 110 valence electrons. The van der Waals surface area contributed by atoms with E-state index in [1.807, 2.05) is 0 Å². The summed E-state index contributed by atoms with van der Waals surface area (Å²) in [6.07, 6.45) is 6.63. The zero-order chi connectivity index (χ0) is 14.7. The molecular weight excluding hydrogens is 235 g/mol. The maximum atomic E-state index is 2.31. The summed E-state index contributed by atoms with van der Waals surface area (Å²) in [5, 5.41) is 0. The first kappa shape index (κ1) is 22.1. The largest absolute Gasteiger partial charge is 1.00 e. The van der Waals surface area contributed by atoms with Gasteiger partial charge in [-0.15, -0.1) is 0 Å². The molecule has 1 aromatic carbocycles. The molecule has 0 bridgehead atoms. The van der Waals surface area contributed by atoms with Crippen molar-refractivity contribution >= 4 is 0 Å². The van der Waals surface area contributed by atoms with E-state index < -0.39 is 0 Å². The third-order valence-electron chi connectivity index (χ3n) is 2.93. The van der Waals surface area contributed by atoms with Crippen LogP contribution in [0.5, 0.6) is 0 Å². The monoisotopic (exact) mass is 268 g/mol. The van der Waals surface area contributed by atoms with Crippen LogP contribution >= 0.6 is 0 Å². The zero-order valence-corrected chi connectivity index (χ0v) is 14.9. The smallest absolute Gasteiger partial charge is 0.315 e. The van der Waals surface area contributed by atoms with Crippen LogP contribution in [0, 0.1) is 11.3 Å². The molecule has 1 aromatic rings. The number of unbranched alkanes of at least 4 members (excludes halogenated alkanes) is 2. The van der Waals surface area contributed by atoms with Crippen molar-refractivity contribution in [2.75, 3.05) is 0 Å². The summed E-state index contributed by atoms with van der Waals surface area (Å²) in [5.41, 5.74) is 1.96. The SMILES string of the molecule is CCCCCC(C)(C)C.C[C-](C)Cc1ccccc1.[Li+]. The van der Waals surface area contributed by atoms with Gasteiger partial charge in [-0.25, -0.2) is 0 Å². The fourth-order valence-corrected chi connectivity index (χ4v) is 1.91. The van der Waals surface area contributed by atoms with E-state index in [9.17, 15) is 0 Å². The Balaban J connectivity index is 0. The van der Waals surface area contributed by atoms with Crippen molar-refractivity contribution in [2.45, 2.75) is 73.6 Å². The Morgan fingerprint density at radius 3 is 1.90 bits per heavy atom. The van der Waals surface area contributed by atoms with E-state index in [4.69, 9.17) is 0 Å². The Labute approximate surface area is 139 Å². The van der Waals surface area contributed by atoms with E-state index in [0.717, 1.165) is 6.42 Å². The molecule has 0 aromatic heterocycles. The molecule has 0 amide bonds. The van der Waals surface area contributed by atoms with Gasteiger partial charge in [-0.2, -0.15) is 20.3 Å². The minimum atomic E-state index is 0. The Bertz CT molecular complexity index is 295. The van der Waals surface area contributed by atoms with Gasteiger partial charge in [0.1, 0.15) is 0 Å². The maximum absolute atomic E-state index is 2.31. The van der Waals surface area contributed by atoms with Gasteiger partial charge in [0, 0.05) is 0 Å². The van der Waals surface area contributed by atoms with Gasteiger partial charge in [-0.3, -0.25) is 0 Å². The summed E-state index contributed by atoms with van der Waals surface area (Å²) < 4.78 is 0. The average molecular weight is 268 g/mol. The average Bonchev–Trinajstić information content (AvgIpc) is 2.29. The summed E-state index contributed by atoms with van der Waals surface area (Å²) >= 11 is 0. The maximum Gasteiger partial charge on any atom is 1.00 e. The molecule has 1 heteroatoms. The minimum absolute atomic E-state index is 0. The van der Waals surface area contributed by atoms with Gasteiger partial charge in [-0.1, -0.05) is 82.9 Å². The Morgan fingerprint density at radius 2 is 1.50 bits per heavy atom. The first-order chi connectivity index (χ1) is 8.85. The normalized spacial score (nSPS) is 10.6. The molecule has 0 aliphatic heterocycles. The fourth-order valence-electron chi connectivity index (χ4n) is 1.91. The predicted octanol–water partition coefficient (Wildman–Crippen LogP) is 3.46. The van der Waals surface area contributed by atoms with Crippen molar-refractivity contribution in [3.05, 3.63) is 41.8 Å². The summed E-state index contributed by atoms with van der Waals surface area (Å²) in [5.74, 6) is 1.46. The van der Waals surface area contributed by atoms with Crippen LogP contribution in [-0.2, 0) is 6.42 Å². The summed E-state index contributed by atoms with van der Waals surface area (Å²) in [6, 6.07) is 10.5. The van der Waals surface area contributed by atoms with Crippen molar-refractivity contribution in [3.63, 3.8) is 0 Å². The van der Waals surface area contributed by atoms with Crippen molar-refractivity contribution in [1.82, 2.24) is 0 Å². The van der Waals surface area contributed by atoms with Crippen LogP contribution in [0.4, 0.5) is 0 Å². The van der Waals surface area contributed by atoms with E-state index in [2.05, 4.69) is 71.9 Å². The standard InChI is InChI=1S/C10H13.C9H20.Li/c1-9(2)8-10-6-4-3-5-7-10;1-5-6-7-8-9(2,3)4;/h3-7H,8H2,1-2H3;5-8H2,1-4H3;/q-1;;+1. The molecular formula is C19H33Li. The van der Waals surface area contributed by atoms with E-state index in [0.29, 0.717) is 5.41 Å². The molecule has 0 nitrogen and oxygen atoms in total. The second kappa shape index (κ2) is 12.5. The second-order valence-electron chi connectivity index (χ2n) is 6.89. The molecule has 1 rings (SSSR count). The zero-order valence-electron chi connectivity index (χ0n) is 14.9. The predicted molar refractivity (Wildman–Crippen MR) is 88.3 cm³/mol. The Hall–Kier alpha value is -0.183. The van der Waals surface area contributed by atoms with E-state index >= 15 is 0 Å². The van der Waals surface area contributed by atoms with Crippen molar-refractivity contribution in [2.24, 2.45) is 5.41 Å². The summed E-state index contributed by atoms with van der Waals surface area (Å²) in [6.45, 7) is 13.5. The van der Waals surface area contributed by atoms with Gasteiger partial charge in [0.2, 0.25) is 0 Å². The topological polar surface area (TPSA) is 0 Å². The van der Waals surface area contributed by atoms with Gasteiger partial charge in [-0.05, 0) is 11.8 Å². The van der Waals surface area contributed by atoms with Gasteiger partial charge in [0.15, 0.2) is 0 Å². The van der Waals surface area contributed by atoms with Crippen molar-refractivity contribution in [3.8, 4) is 0 Å². The van der Waals surface area contributed by atoms with Crippen LogP contribution in [0.15, 0.2) is 30.3 Å². The molecule has 0 fully saturated rings. The molecule has 0 radical (unpaired) electrons. The first-order valence-electron chi connectivity index (χ1n) is 7.68. The van der Waals surface area contributed by atoms with Crippen LogP contribution in [0.2, 0.25) is 0 Å². The molecule has 0 saturated heterocycles. The molecule has 0 atom stereocenters. The number of rotatable bonds is 5. The molecule has 0 spiro atoms. The summed E-state index contributed by atoms with van der Waals surface area (Å²) in [4.78, 5) is 0. The van der Waals surface area contributed by atoms with Crippen LogP contribution in [0.25, 0.3) is 0 Å². The minimum Gasteiger partial charge on any atom is -0.315 e. The Morgan fingerprint density at radius 1 is 0.950 bits per heavy atom. The van der Waals surface area contributed by atoms with E-state index in [1.54, 1.807) is 0 Å². The summed E-state index contributed by atoms with van der Waals surface area (Å²) in [7, 11) is 0. The Kier molecular flexibility index (Phi) is 13.9. The molecule has 20 heavy (non-hydrogen) atoms. The number of benzene rings is 1. The second-order valence-corrected chi connectivity index (χ2v) is 6.89. The van der Waals surface area contributed by atoms with Gasteiger partial charge < -0.3 is 5.92 Å². The number of hydrogen-bond acceptors (Lipinski definition) is 0. The van der Waals surface area contributed by atoms with Crippen molar-refractivity contribution in [1.29, 1.82) is 0 Å².